The summed E-state index contributed by atoms with van der Waals surface area (Å²) in [6, 6.07) is 0. The van der Waals surface area contributed by atoms with Crippen molar-refractivity contribution in [2.75, 3.05) is 0 Å². The van der Waals surface area contributed by atoms with Crippen molar-refractivity contribution in [3.63, 3.8) is 0 Å². The van der Waals surface area contributed by atoms with Gasteiger partial charge in [-0.25, -0.2) is 0 Å². The van der Waals surface area contributed by atoms with Gasteiger partial charge >= 0.3 is 0 Å². The number of allylic oxidation sites excluding steroid dienone is 2. The Morgan fingerprint density at radius 2 is 1.63 bits per heavy atom. The minimum absolute atomic E-state index is 0.0498. The fourth-order valence-electron chi connectivity index (χ4n) is 7.39. The van der Waals surface area contributed by atoms with Crippen LogP contribution in [0.4, 0.5) is 0 Å². The molecule has 0 spiro atoms. The van der Waals surface area contributed by atoms with Crippen LogP contribution in [0.3, 0.4) is 0 Å². The van der Waals surface area contributed by atoms with E-state index < -0.39 is 16.6 Å². The molecule has 0 aromatic rings. The average molecular weight is 448 g/mol. The number of hydrogen-bond acceptors (Lipinski definition) is 3. The highest BCUT2D eigenvalue weighted by Crippen LogP contribution is 2.64. The van der Waals surface area contributed by atoms with E-state index in [0.29, 0.717) is 24.4 Å². The third-order valence-electron chi connectivity index (χ3n) is 8.71. The SMILES string of the molecule is C[C@]12CCC(=O)N([Si](C)(C)C)C1=CC(=O)[C@@H]1[C@H]2CC[C@]2(C)C(O[Si](C)(C)C)CC[C@@H]12. The van der Waals surface area contributed by atoms with E-state index in [4.69, 9.17) is 4.43 Å². The molecule has 6 atom stereocenters. The van der Waals surface area contributed by atoms with Gasteiger partial charge in [-0.05, 0) is 69.0 Å². The Bertz CT molecular complexity index is 795. The third-order valence-corrected chi connectivity index (χ3v) is 11.5. The van der Waals surface area contributed by atoms with E-state index in [1.165, 1.54) is 0 Å². The molecule has 6 heteroatoms. The lowest BCUT2D eigenvalue weighted by atomic mass is 9.49. The fraction of sp³-hybridized carbons (Fsp3) is 0.833. The number of nitrogens with zero attached hydrogens (tertiary/aromatic N) is 1. The average Bonchev–Trinajstić information content (AvgIpc) is 2.90. The molecule has 2 saturated carbocycles. The van der Waals surface area contributed by atoms with Crippen LogP contribution in [-0.4, -0.2) is 38.9 Å². The Labute approximate surface area is 185 Å². The number of rotatable bonds is 3. The summed E-state index contributed by atoms with van der Waals surface area (Å²) in [5, 5.41) is 0. The van der Waals surface area contributed by atoms with Gasteiger partial charge in [-0.1, -0.05) is 33.5 Å². The molecular formula is C24H41NO3Si2. The lowest BCUT2D eigenvalue weighted by Crippen LogP contribution is -2.61. The molecule has 0 N–H and O–H groups in total. The number of hydrogen-bond donors (Lipinski definition) is 0. The van der Waals surface area contributed by atoms with Crippen molar-refractivity contribution in [1.82, 2.24) is 4.57 Å². The predicted octanol–water partition coefficient (Wildman–Crippen LogP) is 5.58. The molecule has 3 aliphatic carbocycles. The molecule has 1 unspecified atom stereocenters. The normalized spacial score (nSPS) is 41.9. The molecule has 4 rings (SSSR count). The van der Waals surface area contributed by atoms with Crippen LogP contribution in [0, 0.1) is 28.6 Å². The van der Waals surface area contributed by atoms with Crippen LogP contribution >= 0.6 is 0 Å². The summed E-state index contributed by atoms with van der Waals surface area (Å²) in [4.78, 5) is 26.6. The van der Waals surface area contributed by atoms with E-state index in [1.54, 1.807) is 0 Å². The van der Waals surface area contributed by atoms with Crippen LogP contribution in [0.15, 0.2) is 11.8 Å². The highest BCUT2D eigenvalue weighted by molar-refractivity contribution is 6.76. The van der Waals surface area contributed by atoms with Gasteiger partial charge in [-0.2, -0.15) is 0 Å². The summed E-state index contributed by atoms with van der Waals surface area (Å²) < 4.78 is 8.75. The molecule has 1 heterocycles. The summed E-state index contributed by atoms with van der Waals surface area (Å²) in [5.74, 6) is 1.40. The minimum atomic E-state index is -1.89. The first-order chi connectivity index (χ1) is 13.7. The third kappa shape index (κ3) is 3.32. The Kier molecular flexibility index (Phi) is 5.16. The molecule has 1 amide bonds. The Morgan fingerprint density at radius 3 is 2.23 bits per heavy atom. The van der Waals surface area contributed by atoms with E-state index in [9.17, 15) is 9.59 Å². The van der Waals surface area contributed by atoms with Gasteiger partial charge in [0.2, 0.25) is 5.91 Å². The molecule has 0 aromatic heterocycles. The van der Waals surface area contributed by atoms with Gasteiger partial charge in [-0.3, -0.25) is 9.59 Å². The predicted molar refractivity (Wildman–Crippen MR) is 126 cm³/mol. The first-order valence-corrected chi connectivity index (χ1v) is 18.8. The molecule has 0 bridgehead atoms. The Hall–Kier alpha value is -0.726. The number of piperidine rings is 1. The summed E-state index contributed by atoms with van der Waals surface area (Å²) in [6.07, 6.45) is 8.15. The van der Waals surface area contributed by atoms with Crippen molar-refractivity contribution in [3.8, 4) is 0 Å². The molecular weight excluding hydrogens is 406 g/mol. The van der Waals surface area contributed by atoms with Crippen LogP contribution in [0.2, 0.25) is 39.3 Å². The quantitative estimate of drug-likeness (QED) is 0.531. The van der Waals surface area contributed by atoms with Crippen LogP contribution in [0.1, 0.15) is 52.4 Å². The van der Waals surface area contributed by atoms with Crippen molar-refractivity contribution >= 4 is 28.2 Å². The van der Waals surface area contributed by atoms with E-state index in [0.717, 1.165) is 37.8 Å². The number of fused-ring (bicyclic) bond motifs is 5. The van der Waals surface area contributed by atoms with Gasteiger partial charge in [0.15, 0.2) is 22.3 Å². The van der Waals surface area contributed by atoms with Crippen LogP contribution in [-0.2, 0) is 14.0 Å². The number of ketones is 1. The highest BCUT2D eigenvalue weighted by Gasteiger charge is 2.63. The number of carbonyl (C=O) groups is 2. The summed E-state index contributed by atoms with van der Waals surface area (Å²) >= 11 is 0. The standard InChI is InChI=1S/C24H41NO3Si2/c1-23-14-12-21(27)25(29(3,4)5)19(23)15-18(26)22-16-9-10-20(28-30(6,7)8)24(16,2)13-11-17(22)23/h15-17,20,22H,9-14H2,1-8H3/t16-,17+,20?,22-,23+,24-/m0/s1. The monoisotopic (exact) mass is 447 g/mol. The molecule has 168 valence electrons. The maximum atomic E-state index is 13.7. The lowest BCUT2D eigenvalue weighted by Gasteiger charge is -2.59. The molecule has 0 radical (unpaired) electrons. The smallest absolute Gasteiger partial charge is 0.218 e. The molecule has 0 aromatic carbocycles. The Morgan fingerprint density at radius 1 is 0.967 bits per heavy atom. The van der Waals surface area contributed by atoms with Crippen molar-refractivity contribution in [2.24, 2.45) is 28.6 Å². The minimum Gasteiger partial charge on any atom is -0.414 e. The van der Waals surface area contributed by atoms with Gasteiger partial charge in [-0.15, -0.1) is 0 Å². The van der Waals surface area contributed by atoms with Gasteiger partial charge in [0.25, 0.3) is 0 Å². The zero-order valence-electron chi connectivity index (χ0n) is 20.3. The van der Waals surface area contributed by atoms with Crippen molar-refractivity contribution < 1.29 is 14.0 Å². The molecule has 30 heavy (non-hydrogen) atoms. The van der Waals surface area contributed by atoms with Crippen LogP contribution in [0.25, 0.3) is 0 Å². The van der Waals surface area contributed by atoms with Crippen molar-refractivity contribution in [1.29, 1.82) is 0 Å². The van der Waals surface area contributed by atoms with Gasteiger partial charge < -0.3 is 8.99 Å². The highest BCUT2D eigenvalue weighted by atomic mass is 28.4. The van der Waals surface area contributed by atoms with Gasteiger partial charge in [0.05, 0.1) is 6.10 Å². The van der Waals surface area contributed by atoms with E-state index in [1.807, 2.05) is 6.08 Å². The van der Waals surface area contributed by atoms with Crippen molar-refractivity contribution in [2.45, 2.75) is 97.8 Å². The second kappa shape index (κ2) is 6.88. The Balaban J connectivity index is 1.72. The fourth-order valence-corrected chi connectivity index (χ4v) is 10.5. The summed E-state index contributed by atoms with van der Waals surface area (Å²) in [6.45, 7) is 18.3. The zero-order valence-corrected chi connectivity index (χ0v) is 22.3. The maximum absolute atomic E-state index is 13.7. The zero-order chi connectivity index (χ0) is 22.3. The first kappa shape index (κ1) is 22.5. The number of amides is 1. The topological polar surface area (TPSA) is 46.6 Å². The van der Waals surface area contributed by atoms with Gasteiger partial charge in [0.1, 0.15) is 0 Å². The van der Waals surface area contributed by atoms with Gasteiger partial charge in [0, 0.05) is 29.5 Å². The first-order valence-electron chi connectivity index (χ1n) is 12.0. The molecule has 1 saturated heterocycles. The lowest BCUT2D eigenvalue weighted by molar-refractivity contribution is -0.140. The van der Waals surface area contributed by atoms with Crippen LogP contribution < -0.4 is 0 Å². The van der Waals surface area contributed by atoms with E-state index >= 15 is 0 Å². The molecule has 4 nitrogen and oxygen atoms in total. The van der Waals surface area contributed by atoms with E-state index in [-0.39, 0.29) is 28.4 Å². The van der Waals surface area contributed by atoms with Crippen molar-refractivity contribution in [3.05, 3.63) is 11.8 Å². The second-order valence-corrected chi connectivity index (χ2v) is 22.1. The molecule has 1 aliphatic heterocycles. The molecule has 4 aliphatic rings. The maximum Gasteiger partial charge on any atom is 0.218 e. The second-order valence-electron chi connectivity index (χ2n) is 12.8. The summed E-state index contributed by atoms with van der Waals surface area (Å²) in [5.41, 5.74) is 1.12. The van der Waals surface area contributed by atoms with Crippen LogP contribution in [0.5, 0.6) is 0 Å². The molecule has 3 fully saturated rings. The van der Waals surface area contributed by atoms with E-state index in [2.05, 4.69) is 57.7 Å². The largest absolute Gasteiger partial charge is 0.414 e. The number of carbonyl (C=O) groups excluding carboxylic acids is 2. The summed E-state index contributed by atoms with van der Waals surface area (Å²) in [7, 11) is -3.52.